The van der Waals surface area contributed by atoms with Gasteiger partial charge in [-0.05, 0) is 31.2 Å². The van der Waals surface area contributed by atoms with Gasteiger partial charge in [-0.3, -0.25) is 14.8 Å². The number of aliphatic hydroxyl groups is 1. The van der Waals surface area contributed by atoms with Gasteiger partial charge in [-0.25, -0.2) is 0 Å². The zero-order chi connectivity index (χ0) is 20.7. The van der Waals surface area contributed by atoms with Gasteiger partial charge in [0.1, 0.15) is 0 Å². The third kappa shape index (κ3) is 9.61. The highest BCUT2D eigenvalue weighted by Gasteiger charge is 2.16. The summed E-state index contributed by atoms with van der Waals surface area (Å²) in [4.78, 5) is 9.82. The predicted molar refractivity (Wildman–Crippen MR) is 122 cm³/mol. The molecular weight excluding hydrogens is 362 g/mol. The first kappa shape index (κ1) is 23.6. The van der Waals surface area contributed by atoms with Crippen LogP contribution in [0.2, 0.25) is 0 Å². The van der Waals surface area contributed by atoms with Crippen LogP contribution < -0.4 is 10.6 Å². The van der Waals surface area contributed by atoms with E-state index >= 15 is 0 Å². The summed E-state index contributed by atoms with van der Waals surface area (Å²) in [5.41, 5.74) is 1.40. The molecule has 0 spiro atoms. The van der Waals surface area contributed by atoms with Gasteiger partial charge < -0.3 is 15.7 Å². The molecule has 1 saturated heterocycles. The average molecular weight is 404 g/mol. The van der Waals surface area contributed by atoms with E-state index in [0.717, 1.165) is 84.1 Å². The van der Waals surface area contributed by atoms with Gasteiger partial charge in [0.2, 0.25) is 0 Å². The first-order valence-electron chi connectivity index (χ1n) is 11.4. The van der Waals surface area contributed by atoms with Crippen LogP contribution in [0.15, 0.2) is 35.3 Å². The molecule has 1 fully saturated rings. The van der Waals surface area contributed by atoms with Crippen molar-refractivity contribution in [3.8, 4) is 0 Å². The van der Waals surface area contributed by atoms with Gasteiger partial charge in [0.05, 0.1) is 0 Å². The molecule has 0 aliphatic carbocycles. The molecule has 0 saturated carbocycles. The van der Waals surface area contributed by atoms with E-state index in [1.54, 1.807) is 0 Å². The van der Waals surface area contributed by atoms with Crippen molar-refractivity contribution in [3.05, 3.63) is 35.9 Å². The fraction of sp³-hybridized carbons (Fsp3) is 0.696. The monoisotopic (exact) mass is 403 g/mol. The van der Waals surface area contributed by atoms with E-state index in [4.69, 9.17) is 4.99 Å². The summed E-state index contributed by atoms with van der Waals surface area (Å²) in [6.45, 7) is 13.7. The van der Waals surface area contributed by atoms with Gasteiger partial charge in [-0.2, -0.15) is 0 Å². The third-order valence-corrected chi connectivity index (χ3v) is 5.52. The van der Waals surface area contributed by atoms with Crippen molar-refractivity contribution < 1.29 is 5.11 Å². The highest BCUT2D eigenvalue weighted by Crippen LogP contribution is 2.11. The molecule has 1 aromatic rings. The smallest absolute Gasteiger partial charge is 0.191 e. The second kappa shape index (κ2) is 14.4. The molecule has 6 heteroatoms. The fourth-order valence-corrected chi connectivity index (χ4v) is 3.82. The molecular formula is C23H41N5O. The van der Waals surface area contributed by atoms with E-state index < -0.39 is 0 Å². The van der Waals surface area contributed by atoms with Crippen LogP contribution in [0.5, 0.6) is 0 Å². The van der Waals surface area contributed by atoms with Crippen molar-refractivity contribution in [2.75, 3.05) is 59.0 Å². The standard InChI is InChI=1S/C23H41N5O/c1-3-8-21(11-18-29)19-26-23(24-4-2)25-12-13-27-14-16-28(17-15-27)20-22-9-6-5-7-10-22/h5-7,9-10,21,29H,3-4,8,11-20H2,1-2H3,(H2,24,25,26). The maximum atomic E-state index is 9.23. The summed E-state index contributed by atoms with van der Waals surface area (Å²) >= 11 is 0. The van der Waals surface area contributed by atoms with Crippen LogP contribution in [0.4, 0.5) is 0 Å². The van der Waals surface area contributed by atoms with Gasteiger partial charge >= 0.3 is 0 Å². The molecule has 29 heavy (non-hydrogen) atoms. The largest absolute Gasteiger partial charge is 0.396 e. The van der Waals surface area contributed by atoms with Crippen molar-refractivity contribution in [1.29, 1.82) is 0 Å². The Labute approximate surface area is 177 Å². The van der Waals surface area contributed by atoms with Crippen LogP contribution in [-0.2, 0) is 6.54 Å². The van der Waals surface area contributed by atoms with Crippen molar-refractivity contribution in [2.45, 2.75) is 39.7 Å². The van der Waals surface area contributed by atoms with Gasteiger partial charge in [-0.1, -0.05) is 43.7 Å². The molecule has 1 aliphatic rings. The minimum absolute atomic E-state index is 0.250. The zero-order valence-electron chi connectivity index (χ0n) is 18.4. The van der Waals surface area contributed by atoms with Crippen molar-refractivity contribution in [3.63, 3.8) is 0 Å². The molecule has 0 aromatic heterocycles. The summed E-state index contributed by atoms with van der Waals surface area (Å²) in [6, 6.07) is 10.7. The Morgan fingerprint density at radius 3 is 2.41 bits per heavy atom. The number of guanidine groups is 1. The normalized spacial score (nSPS) is 17.3. The van der Waals surface area contributed by atoms with Crippen LogP contribution >= 0.6 is 0 Å². The SMILES string of the molecule is CCCC(CCO)CN=C(NCC)NCCN1CCN(Cc2ccccc2)CC1. The Kier molecular flexibility index (Phi) is 11.7. The van der Waals surface area contributed by atoms with E-state index in [2.05, 4.69) is 64.6 Å². The third-order valence-electron chi connectivity index (χ3n) is 5.52. The molecule has 3 N–H and O–H groups in total. The summed E-state index contributed by atoms with van der Waals surface area (Å²) in [5, 5.41) is 16.1. The van der Waals surface area contributed by atoms with Crippen LogP contribution in [-0.4, -0.2) is 79.8 Å². The van der Waals surface area contributed by atoms with E-state index in [-0.39, 0.29) is 6.61 Å². The Balaban J connectivity index is 1.68. The lowest BCUT2D eigenvalue weighted by molar-refractivity contribution is 0.129. The lowest BCUT2D eigenvalue weighted by atomic mass is 10.0. The Morgan fingerprint density at radius 2 is 1.76 bits per heavy atom. The number of nitrogens with one attached hydrogen (secondary N) is 2. The van der Waals surface area contributed by atoms with E-state index in [9.17, 15) is 5.11 Å². The highest BCUT2D eigenvalue weighted by atomic mass is 16.3. The molecule has 164 valence electrons. The van der Waals surface area contributed by atoms with Crippen LogP contribution in [0.1, 0.15) is 38.7 Å². The van der Waals surface area contributed by atoms with E-state index in [0.29, 0.717) is 5.92 Å². The second-order valence-electron chi connectivity index (χ2n) is 7.92. The van der Waals surface area contributed by atoms with Crippen LogP contribution in [0.3, 0.4) is 0 Å². The summed E-state index contributed by atoms with van der Waals surface area (Å²) in [6.07, 6.45) is 3.10. The number of piperazine rings is 1. The Hall–Kier alpha value is -1.63. The molecule has 0 amide bonds. The van der Waals surface area contributed by atoms with Crippen molar-refractivity contribution >= 4 is 5.96 Å². The minimum Gasteiger partial charge on any atom is -0.396 e. The topological polar surface area (TPSA) is 63.1 Å². The highest BCUT2D eigenvalue weighted by molar-refractivity contribution is 5.79. The fourth-order valence-electron chi connectivity index (χ4n) is 3.82. The number of aliphatic imine (C=N–C) groups is 1. The van der Waals surface area contributed by atoms with Crippen LogP contribution in [0, 0.1) is 5.92 Å². The Morgan fingerprint density at radius 1 is 1.03 bits per heavy atom. The van der Waals surface area contributed by atoms with Crippen molar-refractivity contribution in [1.82, 2.24) is 20.4 Å². The second-order valence-corrected chi connectivity index (χ2v) is 7.92. The number of hydrogen-bond acceptors (Lipinski definition) is 4. The summed E-state index contributed by atoms with van der Waals surface area (Å²) in [5.74, 6) is 1.37. The lowest BCUT2D eigenvalue weighted by Gasteiger charge is -2.34. The lowest BCUT2D eigenvalue weighted by Crippen LogP contribution is -2.49. The maximum Gasteiger partial charge on any atom is 0.191 e. The van der Waals surface area contributed by atoms with E-state index in [1.807, 2.05) is 0 Å². The van der Waals surface area contributed by atoms with Gasteiger partial charge in [0.15, 0.2) is 5.96 Å². The molecule has 0 bridgehead atoms. The molecule has 1 aromatic carbocycles. The number of rotatable bonds is 12. The Bertz CT molecular complexity index is 552. The molecule has 1 unspecified atom stereocenters. The summed E-state index contributed by atoms with van der Waals surface area (Å²) < 4.78 is 0. The van der Waals surface area contributed by atoms with E-state index in [1.165, 1.54) is 5.56 Å². The molecule has 1 atom stereocenters. The molecule has 6 nitrogen and oxygen atoms in total. The van der Waals surface area contributed by atoms with Gasteiger partial charge in [-0.15, -0.1) is 0 Å². The number of aliphatic hydroxyl groups excluding tert-OH is 1. The predicted octanol–water partition coefficient (Wildman–Crippen LogP) is 2.16. The molecule has 0 radical (unpaired) electrons. The quantitative estimate of drug-likeness (QED) is 0.369. The molecule has 2 rings (SSSR count). The summed E-state index contributed by atoms with van der Waals surface area (Å²) in [7, 11) is 0. The molecule has 1 heterocycles. The van der Waals surface area contributed by atoms with Gasteiger partial charge in [0, 0.05) is 65.5 Å². The number of nitrogens with zero attached hydrogens (tertiary/aromatic N) is 3. The molecule has 1 aliphatic heterocycles. The number of hydrogen-bond donors (Lipinski definition) is 3. The average Bonchev–Trinajstić information content (AvgIpc) is 2.74. The van der Waals surface area contributed by atoms with Crippen molar-refractivity contribution in [2.24, 2.45) is 10.9 Å². The first-order chi connectivity index (χ1) is 14.2. The number of benzene rings is 1. The van der Waals surface area contributed by atoms with Gasteiger partial charge in [0.25, 0.3) is 0 Å². The zero-order valence-corrected chi connectivity index (χ0v) is 18.4. The minimum atomic E-state index is 0.250. The maximum absolute atomic E-state index is 9.23. The van der Waals surface area contributed by atoms with Crippen LogP contribution in [0.25, 0.3) is 0 Å². The first-order valence-corrected chi connectivity index (χ1v) is 11.4.